The fourth-order valence-corrected chi connectivity index (χ4v) is 2.11. The Balaban J connectivity index is 2.15. The molecular weight excluding hydrogens is 320 g/mol. The number of hydrogen-bond donors (Lipinski definition) is 2. The van der Waals surface area contributed by atoms with Crippen molar-refractivity contribution in [2.45, 2.75) is 6.42 Å². The number of phenolic OH excluding ortho intramolecular Hbond substituents is 1. The number of carbonyl (C=O) groups is 1. The third-order valence-corrected chi connectivity index (χ3v) is 3.21. The van der Waals surface area contributed by atoms with Crippen molar-refractivity contribution in [3.63, 3.8) is 0 Å². The number of para-hydroxylation sites is 1. The molecule has 0 unspecified atom stereocenters. The van der Waals surface area contributed by atoms with Gasteiger partial charge in [-0.1, -0.05) is 34.1 Å². The number of hydrogen-bond acceptors (Lipinski definition) is 3. The molecule has 0 aliphatic rings. The minimum absolute atomic E-state index is 0.0457. The Kier molecular flexibility index (Phi) is 4.38. The van der Waals surface area contributed by atoms with Gasteiger partial charge in [0.05, 0.1) is 17.7 Å². The molecule has 2 aromatic carbocycles. The number of amides is 1. The van der Waals surface area contributed by atoms with E-state index in [1.807, 2.05) is 6.07 Å². The number of nitrogens with one attached hydrogen (secondary N) is 1. The molecule has 2 N–H and O–H groups in total. The first-order chi connectivity index (χ1) is 9.60. The maximum atomic E-state index is 12.0. The molecule has 0 radical (unpaired) electrons. The normalized spacial score (nSPS) is 9.80. The summed E-state index contributed by atoms with van der Waals surface area (Å²) in [6.45, 7) is 0. The molecule has 0 heterocycles. The third kappa shape index (κ3) is 3.37. The van der Waals surface area contributed by atoms with E-state index in [1.165, 1.54) is 6.07 Å². The Morgan fingerprint density at radius 1 is 1.30 bits per heavy atom. The maximum Gasteiger partial charge on any atom is 0.228 e. The highest BCUT2D eigenvalue weighted by Gasteiger charge is 2.10. The van der Waals surface area contributed by atoms with Gasteiger partial charge < -0.3 is 10.4 Å². The lowest BCUT2D eigenvalue weighted by Gasteiger charge is -2.08. The summed E-state index contributed by atoms with van der Waals surface area (Å²) in [7, 11) is 0. The molecule has 0 atom stereocenters. The van der Waals surface area contributed by atoms with Crippen LogP contribution in [-0.2, 0) is 11.2 Å². The second kappa shape index (κ2) is 6.22. The molecule has 0 aliphatic carbocycles. The van der Waals surface area contributed by atoms with Crippen molar-refractivity contribution in [3.8, 4) is 11.8 Å². The monoisotopic (exact) mass is 330 g/mol. The molecule has 1 amide bonds. The molecule has 0 bridgehead atoms. The fraction of sp³-hybridized carbons (Fsp3) is 0.0667. The van der Waals surface area contributed by atoms with Crippen molar-refractivity contribution in [3.05, 3.63) is 58.1 Å². The average Bonchev–Trinajstić information content (AvgIpc) is 2.41. The van der Waals surface area contributed by atoms with Crippen molar-refractivity contribution >= 4 is 27.5 Å². The summed E-state index contributed by atoms with van der Waals surface area (Å²) in [6.07, 6.45) is 0.0457. The minimum atomic E-state index is -0.291. The highest BCUT2D eigenvalue weighted by molar-refractivity contribution is 9.10. The maximum absolute atomic E-state index is 12.0. The highest BCUT2D eigenvalue weighted by atomic mass is 79.9. The summed E-state index contributed by atoms with van der Waals surface area (Å²) in [4.78, 5) is 12.0. The van der Waals surface area contributed by atoms with E-state index in [1.54, 1.807) is 36.4 Å². The number of phenols is 1. The van der Waals surface area contributed by atoms with Crippen LogP contribution in [0.4, 0.5) is 5.69 Å². The van der Waals surface area contributed by atoms with Gasteiger partial charge in [-0.25, -0.2) is 0 Å². The number of rotatable bonds is 3. The van der Waals surface area contributed by atoms with Crippen LogP contribution in [0.25, 0.3) is 0 Å². The standard InChI is InChI=1S/C15H11BrN2O2/c16-12-6-5-11(9-17)13(8-12)18-15(20)7-10-3-1-2-4-14(10)19/h1-6,8,19H,7H2,(H,18,20). The summed E-state index contributed by atoms with van der Waals surface area (Å²) in [5.41, 5.74) is 1.37. The van der Waals surface area contributed by atoms with Gasteiger partial charge in [0.15, 0.2) is 0 Å². The number of halogens is 1. The second-order valence-corrected chi connectivity index (χ2v) is 5.07. The zero-order valence-corrected chi connectivity index (χ0v) is 12.0. The second-order valence-electron chi connectivity index (χ2n) is 4.16. The van der Waals surface area contributed by atoms with Gasteiger partial charge in [0.25, 0.3) is 0 Å². The van der Waals surface area contributed by atoms with Gasteiger partial charge in [0.1, 0.15) is 11.8 Å². The molecule has 0 spiro atoms. The van der Waals surface area contributed by atoms with Crippen LogP contribution >= 0.6 is 15.9 Å². The van der Waals surface area contributed by atoms with Gasteiger partial charge >= 0.3 is 0 Å². The van der Waals surface area contributed by atoms with Crippen LogP contribution in [0.5, 0.6) is 5.75 Å². The molecule has 0 aliphatic heterocycles. The van der Waals surface area contributed by atoms with Crippen molar-refractivity contribution in [2.75, 3.05) is 5.32 Å². The van der Waals surface area contributed by atoms with Crippen molar-refractivity contribution in [1.82, 2.24) is 0 Å². The first-order valence-electron chi connectivity index (χ1n) is 5.86. The Hall–Kier alpha value is -2.32. The molecule has 2 rings (SSSR count). The predicted molar refractivity (Wildman–Crippen MR) is 79.3 cm³/mol. The summed E-state index contributed by atoms with van der Waals surface area (Å²) in [6, 6.07) is 13.7. The number of nitriles is 1. The molecule has 20 heavy (non-hydrogen) atoms. The lowest BCUT2D eigenvalue weighted by molar-refractivity contribution is -0.115. The third-order valence-electron chi connectivity index (χ3n) is 2.72. The summed E-state index contributed by atoms with van der Waals surface area (Å²) in [5.74, 6) is -0.210. The number of nitrogens with zero attached hydrogens (tertiary/aromatic N) is 1. The van der Waals surface area contributed by atoms with E-state index in [0.717, 1.165) is 4.47 Å². The van der Waals surface area contributed by atoms with Gasteiger partial charge in [0, 0.05) is 10.0 Å². The quantitative estimate of drug-likeness (QED) is 0.907. The molecule has 0 saturated carbocycles. The zero-order valence-electron chi connectivity index (χ0n) is 10.4. The van der Waals surface area contributed by atoms with Crippen molar-refractivity contribution in [2.24, 2.45) is 0 Å². The van der Waals surface area contributed by atoms with E-state index >= 15 is 0 Å². The van der Waals surface area contributed by atoms with Gasteiger partial charge in [-0.05, 0) is 24.3 Å². The molecule has 0 fully saturated rings. The molecule has 100 valence electrons. The van der Waals surface area contributed by atoms with E-state index in [0.29, 0.717) is 16.8 Å². The van der Waals surface area contributed by atoms with Crippen LogP contribution in [0, 0.1) is 11.3 Å². The smallest absolute Gasteiger partial charge is 0.228 e. The predicted octanol–water partition coefficient (Wildman–Crippen LogP) is 3.21. The molecule has 2 aromatic rings. The molecule has 0 aromatic heterocycles. The highest BCUT2D eigenvalue weighted by Crippen LogP contribution is 2.22. The minimum Gasteiger partial charge on any atom is -0.508 e. The van der Waals surface area contributed by atoms with E-state index in [2.05, 4.69) is 21.2 Å². The Bertz CT molecular complexity index is 693. The number of benzene rings is 2. The van der Waals surface area contributed by atoms with Crippen LogP contribution in [0.3, 0.4) is 0 Å². The SMILES string of the molecule is N#Cc1ccc(Br)cc1NC(=O)Cc1ccccc1O. The summed E-state index contributed by atoms with van der Waals surface area (Å²) < 4.78 is 0.773. The van der Waals surface area contributed by atoms with Crippen molar-refractivity contribution < 1.29 is 9.90 Å². The first kappa shape index (κ1) is 14.1. The van der Waals surface area contributed by atoms with Crippen LogP contribution in [0.15, 0.2) is 46.9 Å². The van der Waals surface area contributed by atoms with Crippen LogP contribution < -0.4 is 5.32 Å². The van der Waals surface area contributed by atoms with E-state index in [9.17, 15) is 9.90 Å². The van der Waals surface area contributed by atoms with Crippen LogP contribution in [0.1, 0.15) is 11.1 Å². The molecular formula is C15H11BrN2O2. The number of anilines is 1. The van der Waals surface area contributed by atoms with Gasteiger partial charge in [0.2, 0.25) is 5.91 Å². The topological polar surface area (TPSA) is 73.1 Å². The van der Waals surface area contributed by atoms with Gasteiger partial charge in [-0.15, -0.1) is 0 Å². The summed E-state index contributed by atoms with van der Waals surface area (Å²) >= 11 is 3.29. The molecule has 0 saturated heterocycles. The molecule has 4 nitrogen and oxygen atoms in total. The van der Waals surface area contributed by atoms with Gasteiger partial charge in [-0.2, -0.15) is 5.26 Å². The van der Waals surface area contributed by atoms with E-state index in [-0.39, 0.29) is 18.1 Å². The lowest BCUT2D eigenvalue weighted by atomic mass is 10.1. The number of carbonyl (C=O) groups excluding carboxylic acids is 1. The zero-order chi connectivity index (χ0) is 14.5. The Labute approximate surface area is 124 Å². The average molecular weight is 331 g/mol. The van der Waals surface area contributed by atoms with Crippen LogP contribution in [0.2, 0.25) is 0 Å². The summed E-state index contributed by atoms with van der Waals surface area (Å²) in [5, 5.41) is 21.3. The Morgan fingerprint density at radius 3 is 2.75 bits per heavy atom. The van der Waals surface area contributed by atoms with Crippen molar-refractivity contribution in [1.29, 1.82) is 5.26 Å². The van der Waals surface area contributed by atoms with Gasteiger partial charge in [-0.3, -0.25) is 4.79 Å². The fourth-order valence-electron chi connectivity index (χ4n) is 1.75. The largest absolute Gasteiger partial charge is 0.508 e. The molecule has 5 heteroatoms. The number of aromatic hydroxyl groups is 1. The van der Waals surface area contributed by atoms with Crippen LogP contribution in [-0.4, -0.2) is 11.0 Å². The Morgan fingerprint density at radius 2 is 2.05 bits per heavy atom. The first-order valence-corrected chi connectivity index (χ1v) is 6.66. The lowest BCUT2D eigenvalue weighted by Crippen LogP contribution is -2.15. The van der Waals surface area contributed by atoms with E-state index < -0.39 is 0 Å². The van der Waals surface area contributed by atoms with E-state index in [4.69, 9.17) is 5.26 Å².